The zero-order valence-corrected chi connectivity index (χ0v) is 17.8. The molecule has 156 valence electrons. The van der Waals surface area contributed by atoms with Crippen LogP contribution in [0.1, 0.15) is 33.3 Å². The van der Waals surface area contributed by atoms with E-state index in [1.807, 2.05) is 68.4 Å². The van der Waals surface area contributed by atoms with Crippen molar-refractivity contribution < 1.29 is 23.9 Å². The molecule has 0 aromatic heterocycles. The average molecular weight is 398 g/mol. The summed E-state index contributed by atoms with van der Waals surface area (Å²) in [6.07, 6.45) is 0.0416. The SMILES string of the molecule is CC.CCOC(=O)C(C(=O)Cc1ccc(-c2ccccc2)cc1)C(C)C(=O)OC. The monoisotopic (exact) mass is 398 g/mol. The Hall–Kier alpha value is -2.95. The van der Waals surface area contributed by atoms with Crippen molar-refractivity contribution in [3.05, 3.63) is 60.2 Å². The van der Waals surface area contributed by atoms with Crippen molar-refractivity contribution in [2.45, 2.75) is 34.1 Å². The fraction of sp³-hybridized carbons (Fsp3) is 0.375. The first-order chi connectivity index (χ1) is 14.0. The second-order valence-corrected chi connectivity index (χ2v) is 6.25. The van der Waals surface area contributed by atoms with Crippen molar-refractivity contribution >= 4 is 17.7 Å². The summed E-state index contributed by atoms with van der Waals surface area (Å²) >= 11 is 0. The minimum absolute atomic E-state index is 0.0416. The third-order valence-corrected chi connectivity index (χ3v) is 4.40. The second-order valence-electron chi connectivity index (χ2n) is 6.25. The molecule has 0 aliphatic carbocycles. The van der Waals surface area contributed by atoms with Gasteiger partial charge in [0.15, 0.2) is 5.78 Å². The highest BCUT2D eigenvalue weighted by Crippen LogP contribution is 2.22. The molecule has 0 spiro atoms. The Labute approximate surface area is 173 Å². The van der Waals surface area contributed by atoms with Crippen molar-refractivity contribution in [3.63, 3.8) is 0 Å². The van der Waals surface area contributed by atoms with E-state index >= 15 is 0 Å². The molecule has 0 N–H and O–H groups in total. The maximum atomic E-state index is 12.7. The van der Waals surface area contributed by atoms with Gasteiger partial charge >= 0.3 is 11.9 Å². The van der Waals surface area contributed by atoms with E-state index in [0.717, 1.165) is 16.7 Å². The number of hydrogen-bond donors (Lipinski definition) is 0. The Morgan fingerprint density at radius 2 is 1.41 bits per heavy atom. The summed E-state index contributed by atoms with van der Waals surface area (Å²) in [4.78, 5) is 36.8. The number of rotatable bonds is 8. The lowest BCUT2D eigenvalue weighted by molar-refractivity contribution is -0.161. The quantitative estimate of drug-likeness (QED) is 0.484. The number of ketones is 1. The van der Waals surface area contributed by atoms with Gasteiger partial charge < -0.3 is 9.47 Å². The highest BCUT2D eigenvalue weighted by molar-refractivity contribution is 6.03. The van der Waals surface area contributed by atoms with E-state index in [0.29, 0.717) is 0 Å². The Morgan fingerprint density at radius 3 is 1.93 bits per heavy atom. The van der Waals surface area contributed by atoms with Crippen molar-refractivity contribution in [3.8, 4) is 11.1 Å². The van der Waals surface area contributed by atoms with E-state index < -0.39 is 23.8 Å². The molecule has 5 nitrogen and oxygen atoms in total. The topological polar surface area (TPSA) is 69.7 Å². The van der Waals surface area contributed by atoms with Gasteiger partial charge in [-0.15, -0.1) is 0 Å². The van der Waals surface area contributed by atoms with Crippen LogP contribution in [0.4, 0.5) is 0 Å². The fourth-order valence-corrected chi connectivity index (χ4v) is 2.93. The van der Waals surface area contributed by atoms with Crippen molar-refractivity contribution in [2.75, 3.05) is 13.7 Å². The smallest absolute Gasteiger partial charge is 0.317 e. The Morgan fingerprint density at radius 1 is 0.862 bits per heavy atom. The average Bonchev–Trinajstić information content (AvgIpc) is 2.76. The molecule has 0 heterocycles. The minimum Gasteiger partial charge on any atom is -0.469 e. The molecule has 0 fully saturated rings. The van der Waals surface area contributed by atoms with Crippen LogP contribution in [0.3, 0.4) is 0 Å². The molecule has 0 saturated heterocycles. The maximum Gasteiger partial charge on any atom is 0.317 e. The number of ether oxygens (including phenoxy) is 2. The summed E-state index contributed by atoms with van der Waals surface area (Å²) in [7, 11) is 1.23. The predicted octanol–water partition coefficient (Wildman–Crippen LogP) is 4.48. The standard InChI is InChI=1S/C22H24O5.C2H6/c1-4-27-22(25)20(15(2)21(24)26-3)19(23)14-16-10-12-18(13-11-16)17-8-6-5-7-9-17;1-2/h5-13,15,20H,4,14H2,1-3H3;1-2H3. The number of methoxy groups -OCH3 is 1. The molecule has 0 bridgehead atoms. The first kappa shape index (κ1) is 24.1. The lowest BCUT2D eigenvalue weighted by atomic mass is 9.87. The van der Waals surface area contributed by atoms with Gasteiger partial charge in [0, 0.05) is 6.42 Å². The summed E-state index contributed by atoms with van der Waals surface area (Å²) in [5, 5.41) is 0. The molecular formula is C24H30O5. The fourth-order valence-electron chi connectivity index (χ4n) is 2.93. The van der Waals surface area contributed by atoms with Gasteiger partial charge in [-0.05, 0) is 23.6 Å². The van der Waals surface area contributed by atoms with E-state index in [4.69, 9.17) is 4.74 Å². The molecular weight excluding hydrogens is 368 g/mol. The molecule has 0 radical (unpaired) electrons. The lowest BCUT2D eigenvalue weighted by Crippen LogP contribution is -2.37. The Bertz CT molecular complexity index is 781. The number of carbonyl (C=O) groups is 3. The normalized spacial score (nSPS) is 12.0. The third-order valence-electron chi connectivity index (χ3n) is 4.40. The summed E-state index contributed by atoms with van der Waals surface area (Å²) < 4.78 is 9.68. The van der Waals surface area contributed by atoms with Gasteiger partial charge in [0.05, 0.1) is 19.6 Å². The predicted molar refractivity (Wildman–Crippen MR) is 113 cm³/mol. The van der Waals surface area contributed by atoms with Crippen LogP contribution in [0.2, 0.25) is 0 Å². The maximum absolute atomic E-state index is 12.7. The molecule has 5 heteroatoms. The zero-order chi connectivity index (χ0) is 21.8. The third kappa shape index (κ3) is 6.86. The van der Waals surface area contributed by atoms with Crippen LogP contribution >= 0.6 is 0 Å². The largest absolute Gasteiger partial charge is 0.469 e. The van der Waals surface area contributed by atoms with Gasteiger partial charge in [-0.3, -0.25) is 14.4 Å². The molecule has 0 aliphatic rings. The molecule has 0 saturated carbocycles. The van der Waals surface area contributed by atoms with E-state index in [2.05, 4.69) is 4.74 Å². The molecule has 2 rings (SSSR count). The number of Topliss-reactive ketones (excluding diaryl/α,β-unsaturated/α-hetero) is 1. The Balaban J connectivity index is 0.00000204. The van der Waals surface area contributed by atoms with Crippen LogP contribution in [0, 0.1) is 11.8 Å². The van der Waals surface area contributed by atoms with Gasteiger partial charge in [0.25, 0.3) is 0 Å². The summed E-state index contributed by atoms with van der Waals surface area (Å²) in [5.74, 6) is -3.74. The van der Waals surface area contributed by atoms with Crippen LogP contribution in [0.15, 0.2) is 54.6 Å². The number of hydrogen-bond acceptors (Lipinski definition) is 5. The second kappa shape index (κ2) is 12.5. The van der Waals surface area contributed by atoms with E-state index in [9.17, 15) is 14.4 Å². The molecule has 29 heavy (non-hydrogen) atoms. The van der Waals surface area contributed by atoms with Gasteiger partial charge in [-0.2, -0.15) is 0 Å². The highest BCUT2D eigenvalue weighted by atomic mass is 16.5. The van der Waals surface area contributed by atoms with E-state index in [1.54, 1.807) is 6.92 Å². The van der Waals surface area contributed by atoms with Gasteiger partial charge in [-0.1, -0.05) is 75.4 Å². The molecule has 0 aliphatic heterocycles. The number of carbonyl (C=O) groups excluding carboxylic acids is 3. The van der Waals surface area contributed by atoms with Gasteiger partial charge in [0.2, 0.25) is 0 Å². The summed E-state index contributed by atoms with van der Waals surface area (Å²) in [6, 6.07) is 17.5. The summed E-state index contributed by atoms with van der Waals surface area (Å²) in [5.41, 5.74) is 2.89. The van der Waals surface area contributed by atoms with Gasteiger partial charge in [0.1, 0.15) is 5.92 Å². The minimum atomic E-state index is -1.17. The van der Waals surface area contributed by atoms with Crippen molar-refractivity contribution in [1.82, 2.24) is 0 Å². The lowest BCUT2D eigenvalue weighted by Gasteiger charge is -2.19. The first-order valence-electron chi connectivity index (χ1n) is 9.89. The molecule has 2 atom stereocenters. The first-order valence-corrected chi connectivity index (χ1v) is 9.89. The van der Waals surface area contributed by atoms with Crippen molar-refractivity contribution in [2.24, 2.45) is 11.8 Å². The number of esters is 2. The van der Waals surface area contributed by atoms with Crippen LogP contribution in [-0.4, -0.2) is 31.4 Å². The van der Waals surface area contributed by atoms with Crippen LogP contribution in [0.25, 0.3) is 11.1 Å². The van der Waals surface area contributed by atoms with Crippen LogP contribution < -0.4 is 0 Å². The Kier molecular flexibility index (Phi) is 10.4. The van der Waals surface area contributed by atoms with Crippen LogP contribution in [0.5, 0.6) is 0 Å². The number of benzene rings is 2. The van der Waals surface area contributed by atoms with Crippen LogP contribution in [-0.2, 0) is 30.3 Å². The highest BCUT2D eigenvalue weighted by Gasteiger charge is 2.37. The summed E-state index contributed by atoms with van der Waals surface area (Å²) in [6.45, 7) is 7.30. The zero-order valence-electron chi connectivity index (χ0n) is 17.8. The molecule has 2 aromatic carbocycles. The van der Waals surface area contributed by atoms with Gasteiger partial charge in [-0.25, -0.2) is 0 Å². The molecule has 0 amide bonds. The van der Waals surface area contributed by atoms with E-state index in [-0.39, 0.29) is 18.8 Å². The van der Waals surface area contributed by atoms with E-state index in [1.165, 1.54) is 14.0 Å². The molecule has 2 unspecified atom stereocenters. The molecule has 2 aromatic rings. The van der Waals surface area contributed by atoms with Crippen molar-refractivity contribution in [1.29, 1.82) is 0 Å².